The number of pyridine rings is 1. The third-order valence-corrected chi connectivity index (χ3v) is 3.97. The fourth-order valence-corrected chi connectivity index (χ4v) is 2.58. The van der Waals surface area contributed by atoms with E-state index in [4.69, 9.17) is 5.73 Å². The third kappa shape index (κ3) is 3.19. The molecule has 0 aliphatic carbocycles. The van der Waals surface area contributed by atoms with Crippen LogP contribution in [0.3, 0.4) is 0 Å². The average molecular weight is 323 g/mol. The van der Waals surface area contributed by atoms with Crippen molar-refractivity contribution in [2.24, 2.45) is 5.73 Å². The molecule has 1 unspecified atom stereocenters. The first-order valence-corrected chi connectivity index (χ1v) is 6.90. The van der Waals surface area contributed by atoms with Crippen LogP contribution in [0.25, 0.3) is 0 Å². The molecule has 1 atom stereocenters. The van der Waals surface area contributed by atoms with Crippen molar-refractivity contribution in [2.75, 3.05) is 0 Å². The number of rotatable bonds is 3. The van der Waals surface area contributed by atoms with Gasteiger partial charge in [0.2, 0.25) is 0 Å². The lowest BCUT2D eigenvalue weighted by Gasteiger charge is -2.15. The second-order valence-corrected chi connectivity index (χ2v) is 5.53. The molecule has 2 rings (SSSR count). The van der Waals surface area contributed by atoms with E-state index in [0.717, 1.165) is 22.4 Å². The monoisotopic (exact) mass is 322 g/mol. The predicted molar refractivity (Wildman–Crippen MR) is 78.4 cm³/mol. The maximum Gasteiger partial charge on any atom is 0.137 e. The fourth-order valence-electron chi connectivity index (χ4n) is 2.15. The summed E-state index contributed by atoms with van der Waals surface area (Å²) in [5.74, 6) is -0.265. The zero-order chi connectivity index (χ0) is 14.0. The van der Waals surface area contributed by atoms with Gasteiger partial charge in [-0.2, -0.15) is 0 Å². The molecule has 2 N–H and O–H groups in total. The van der Waals surface area contributed by atoms with Crippen molar-refractivity contribution in [2.45, 2.75) is 26.3 Å². The normalized spacial score (nSPS) is 12.5. The standard InChI is InChI=1S/C15H16BrFN2/c1-9-6-10(2)15(19-8-9)13(18)7-11-4-3-5-12(17)14(11)16/h3-6,8,13H,7,18H2,1-2H3. The van der Waals surface area contributed by atoms with Crippen molar-refractivity contribution in [1.29, 1.82) is 0 Å². The van der Waals surface area contributed by atoms with Crippen LogP contribution < -0.4 is 5.73 Å². The van der Waals surface area contributed by atoms with Gasteiger partial charge in [0.25, 0.3) is 0 Å². The summed E-state index contributed by atoms with van der Waals surface area (Å²) in [6.07, 6.45) is 2.36. The fraction of sp³-hybridized carbons (Fsp3) is 0.267. The molecule has 0 radical (unpaired) electrons. The minimum atomic E-state index is -0.265. The third-order valence-electron chi connectivity index (χ3n) is 3.08. The largest absolute Gasteiger partial charge is 0.322 e. The van der Waals surface area contributed by atoms with Gasteiger partial charge in [-0.1, -0.05) is 18.2 Å². The van der Waals surface area contributed by atoms with E-state index in [1.54, 1.807) is 6.07 Å². The maximum absolute atomic E-state index is 13.5. The Hall–Kier alpha value is -1.26. The van der Waals surface area contributed by atoms with Gasteiger partial charge in [0.15, 0.2) is 0 Å². The quantitative estimate of drug-likeness (QED) is 0.932. The SMILES string of the molecule is Cc1cnc(C(N)Cc2cccc(F)c2Br)c(C)c1. The molecule has 0 fully saturated rings. The van der Waals surface area contributed by atoms with Gasteiger partial charge in [-0.25, -0.2) is 4.39 Å². The molecule has 0 aliphatic rings. The summed E-state index contributed by atoms with van der Waals surface area (Å²) >= 11 is 3.26. The van der Waals surface area contributed by atoms with Crippen molar-refractivity contribution >= 4 is 15.9 Å². The second-order valence-electron chi connectivity index (χ2n) is 4.74. The highest BCUT2D eigenvalue weighted by Crippen LogP contribution is 2.25. The molecule has 0 bridgehead atoms. The Kier molecular flexibility index (Phi) is 4.32. The number of benzene rings is 1. The van der Waals surface area contributed by atoms with E-state index in [9.17, 15) is 4.39 Å². The summed E-state index contributed by atoms with van der Waals surface area (Å²) in [6.45, 7) is 3.99. The topological polar surface area (TPSA) is 38.9 Å². The number of hydrogen-bond acceptors (Lipinski definition) is 2. The molecule has 2 nitrogen and oxygen atoms in total. The maximum atomic E-state index is 13.5. The van der Waals surface area contributed by atoms with Gasteiger partial charge in [0.1, 0.15) is 5.82 Å². The minimum Gasteiger partial charge on any atom is -0.322 e. The van der Waals surface area contributed by atoms with E-state index in [0.29, 0.717) is 10.9 Å². The van der Waals surface area contributed by atoms with Crippen LogP contribution in [0.5, 0.6) is 0 Å². The Balaban J connectivity index is 2.25. The molecule has 0 saturated carbocycles. The van der Waals surface area contributed by atoms with Crippen LogP contribution in [0.1, 0.15) is 28.4 Å². The van der Waals surface area contributed by atoms with Gasteiger partial charge in [-0.15, -0.1) is 0 Å². The van der Waals surface area contributed by atoms with Crippen molar-refractivity contribution < 1.29 is 4.39 Å². The first-order valence-electron chi connectivity index (χ1n) is 6.10. The van der Waals surface area contributed by atoms with Crippen LogP contribution in [0.15, 0.2) is 34.9 Å². The van der Waals surface area contributed by atoms with Gasteiger partial charge in [-0.3, -0.25) is 4.98 Å². The lowest BCUT2D eigenvalue weighted by Crippen LogP contribution is -2.17. The summed E-state index contributed by atoms with van der Waals surface area (Å²) in [6, 6.07) is 6.81. The highest BCUT2D eigenvalue weighted by atomic mass is 79.9. The van der Waals surface area contributed by atoms with E-state index < -0.39 is 0 Å². The van der Waals surface area contributed by atoms with Gasteiger partial charge in [-0.05, 0) is 59.0 Å². The summed E-state index contributed by atoms with van der Waals surface area (Å²) < 4.78 is 13.9. The molecule has 1 aromatic heterocycles. The van der Waals surface area contributed by atoms with Crippen LogP contribution in [0.2, 0.25) is 0 Å². The molecular weight excluding hydrogens is 307 g/mol. The van der Waals surface area contributed by atoms with Crippen LogP contribution >= 0.6 is 15.9 Å². The zero-order valence-electron chi connectivity index (χ0n) is 11.0. The lowest BCUT2D eigenvalue weighted by molar-refractivity contribution is 0.612. The molecule has 0 aliphatic heterocycles. The summed E-state index contributed by atoms with van der Waals surface area (Å²) in [7, 11) is 0. The van der Waals surface area contributed by atoms with Gasteiger partial charge >= 0.3 is 0 Å². The Labute approximate surface area is 121 Å². The number of aryl methyl sites for hydroxylation is 2. The Morgan fingerprint density at radius 1 is 1.37 bits per heavy atom. The first-order chi connectivity index (χ1) is 8.99. The predicted octanol–water partition coefficient (Wildman–Crippen LogP) is 3.84. The van der Waals surface area contributed by atoms with E-state index in [1.165, 1.54) is 6.07 Å². The molecule has 0 amide bonds. The Morgan fingerprint density at radius 2 is 2.11 bits per heavy atom. The van der Waals surface area contributed by atoms with E-state index in [-0.39, 0.29) is 11.9 Å². The van der Waals surface area contributed by atoms with E-state index in [2.05, 4.69) is 27.0 Å². The summed E-state index contributed by atoms with van der Waals surface area (Å²) in [5, 5.41) is 0. The lowest BCUT2D eigenvalue weighted by atomic mass is 10.00. The van der Waals surface area contributed by atoms with Crippen LogP contribution in [-0.4, -0.2) is 4.98 Å². The van der Waals surface area contributed by atoms with E-state index in [1.807, 2.05) is 26.1 Å². The van der Waals surface area contributed by atoms with Crippen molar-refractivity contribution in [3.63, 3.8) is 0 Å². The number of aromatic nitrogens is 1. The second kappa shape index (κ2) is 5.80. The minimum absolute atomic E-state index is 0.237. The van der Waals surface area contributed by atoms with Crippen molar-refractivity contribution in [3.05, 3.63) is 63.1 Å². The molecular formula is C15H16BrFN2. The first kappa shape index (κ1) is 14.2. The highest BCUT2D eigenvalue weighted by Gasteiger charge is 2.14. The van der Waals surface area contributed by atoms with Crippen molar-refractivity contribution in [1.82, 2.24) is 4.98 Å². The van der Waals surface area contributed by atoms with Crippen molar-refractivity contribution in [3.8, 4) is 0 Å². The summed E-state index contributed by atoms with van der Waals surface area (Å²) in [4.78, 5) is 4.39. The molecule has 19 heavy (non-hydrogen) atoms. The smallest absolute Gasteiger partial charge is 0.137 e. The number of hydrogen-bond donors (Lipinski definition) is 1. The van der Waals surface area contributed by atoms with Gasteiger partial charge in [0.05, 0.1) is 16.2 Å². The average Bonchev–Trinajstić information content (AvgIpc) is 2.34. The Morgan fingerprint density at radius 3 is 2.79 bits per heavy atom. The van der Waals surface area contributed by atoms with E-state index >= 15 is 0 Å². The van der Waals surface area contributed by atoms with Gasteiger partial charge in [0, 0.05) is 6.20 Å². The molecule has 0 saturated heterocycles. The molecule has 0 spiro atoms. The van der Waals surface area contributed by atoms with Crippen LogP contribution in [0, 0.1) is 19.7 Å². The number of nitrogens with zero attached hydrogens (tertiary/aromatic N) is 1. The number of nitrogens with two attached hydrogens (primary N) is 1. The summed E-state index contributed by atoms with van der Waals surface area (Å²) in [5.41, 5.74) is 10.1. The number of halogens is 2. The molecule has 2 aromatic rings. The van der Waals surface area contributed by atoms with Gasteiger partial charge < -0.3 is 5.73 Å². The molecule has 1 aromatic carbocycles. The molecule has 100 valence electrons. The molecule has 1 heterocycles. The zero-order valence-corrected chi connectivity index (χ0v) is 12.5. The Bertz CT molecular complexity index is 599. The molecule has 4 heteroatoms. The highest BCUT2D eigenvalue weighted by molar-refractivity contribution is 9.10. The van der Waals surface area contributed by atoms with Crippen LogP contribution in [-0.2, 0) is 6.42 Å². The van der Waals surface area contributed by atoms with Crippen LogP contribution in [0.4, 0.5) is 4.39 Å².